The summed E-state index contributed by atoms with van der Waals surface area (Å²) in [5.74, 6) is 0.231. The summed E-state index contributed by atoms with van der Waals surface area (Å²) in [6, 6.07) is 19.2. The Balaban J connectivity index is 1.13. The molecule has 0 unspecified atom stereocenters. The van der Waals surface area contributed by atoms with E-state index >= 15 is 0 Å². The molecule has 1 aromatic heterocycles. The molecule has 1 saturated heterocycles. The number of carbonyl (C=O) groups excluding carboxylic acids is 1. The van der Waals surface area contributed by atoms with Gasteiger partial charge < -0.3 is 15.0 Å². The molecule has 5 rings (SSSR count). The van der Waals surface area contributed by atoms with E-state index in [1.54, 1.807) is 47.7 Å². The molecule has 2 heterocycles. The second kappa shape index (κ2) is 12.2. The summed E-state index contributed by atoms with van der Waals surface area (Å²) in [5.41, 5.74) is 2.87. The molecule has 2 N–H and O–H groups in total. The fourth-order valence-electron chi connectivity index (χ4n) is 4.63. The highest BCUT2D eigenvalue weighted by Crippen LogP contribution is 2.30. The van der Waals surface area contributed by atoms with Gasteiger partial charge in [-0.2, -0.15) is 0 Å². The van der Waals surface area contributed by atoms with Gasteiger partial charge in [-0.25, -0.2) is 13.4 Å². The Kier molecular flexibility index (Phi) is 8.53. The number of hydrogen-bond acceptors (Lipinski definition) is 8. The fraction of sp³-hybridized carbons (Fsp3) is 0.310. The van der Waals surface area contributed by atoms with Crippen LogP contribution in [0.5, 0.6) is 5.75 Å². The van der Waals surface area contributed by atoms with Crippen LogP contribution in [0, 0.1) is 0 Å². The molecule has 9 nitrogen and oxygen atoms in total. The van der Waals surface area contributed by atoms with Gasteiger partial charge in [-0.3, -0.25) is 14.4 Å². The molecule has 1 aliphatic heterocycles. The van der Waals surface area contributed by atoms with Crippen molar-refractivity contribution in [2.24, 2.45) is 0 Å². The number of amides is 1. The average molecular weight is 580 g/mol. The molecule has 0 spiro atoms. The molecule has 11 heteroatoms. The van der Waals surface area contributed by atoms with Crippen LogP contribution in [0.25, 0.3) is 10.2 Å². The van der Waals surface area contributed by atoms with E-state index in [2.05, 4.69) is 45.0 Å². The number of aryl methyl sites for hydroxylation is 1. The van der Waals surface area contributed by atoms with E-state index in [1.165, 1.54) is 29.5 Å². The minimum Gasteiger partial charge on any atom is -0.497 e. The molecule has 0 bridgehead atoms. The number of piperazine rings is 1. The van der Waals surface area contributed by atoms with Gasteiger partial charge in [0.05, 0.1) is 33.5 Å². The predicted octanol–water partition coefficient (Wildman–Crippen LogP) is 4.22. The predicted molar refractivity (Wildman–Crippen MR) is 160 cm³/mol. The third-order valence-corrected chi connectivity index (χ3v) is 9.45. The molecule has 210 valence electrons. The first-order valence-electron chi connectivity index (χ1n) is 13.3. The summed E-state index contributed by atoms with van der Waals surface area (Å²) in [6.45, 7) is 6.84. The molecular formula is C29H33N5O4S2. The van der Waals surface area contributed by atoms with Gasteiger partial charge in [0, 0.05) is 39.3 Å². The summed E-state index contributed by atoms with van der Waals surface area (Å²) in [6.07, 6.45) is 1.02. The largest absolute Gasteiger partial charge is 0.497 e. The van der Waals surface area contributed by atoms with Gasteiger partial charge in [0.15, 0.2) is 5.13 Å². The molecule has 1 amide bonds. The number of methoxy groups -OCH3 is 1. The first kappa shape index (κ1) is 27.9. The molecular weight excluding hydrogens is 546 g/mol. The monoisotopic (exact) mass is 579 g/mol. The third kappa shape index (κ3) is 6.38. The minimum absolute atomic E-state index is 0.0826. The SMILES string of the molecule is CCc1ccc2nc(N3CCN(CCNC(=O)c4ccccc4NS(=O)(=O)c4ccc(OC)cc4)CC3)sc2c1. The maximum atomic E-state index is 13.0. The Morgan fingerprint density at radius 3 is 2.50 bits per heavy atom. The smallest absolute Gasteiger partial charge is 0.261 e. The van der Waals surface area contributed by atoms with Crippen molar-refractivity contribution < 1.29 is 17.9 Å². The van der Waals surface area contributed by atoms with Gasteiger partial charge >= 0.3 is 0 Å². The normalized spacial score (nSPS) is 14.3. The van der Waals surface area contributed by atoms with Crippen LogP contribution in [0.1, 0.15) is 22.8 Å². The van der Waals surface area contributed by atoms with E-state index < -0.39 is 10.0 Å². The van der Waals surface area contributed by atoms with Gasteiger partial charge in [-0.05, 0) is 60.5 Å². The van der Waals surface area contributed by atoms with Crippen LogP contribution >= 0.6 is 11.3 Å². The first-order chi connectivity index (χ1) is 19.4. The van der Waals surface area contributed by atoms with Crippen molar-refractivity contribution in [1.82, 2.24) is 15.2 Å². The Morgan fingerprint density at radius 2 is 1.77 bits per heavy atom. The standard InChI is InChI=1S/C29H33N5O4S2/c1-3-21-8-13-26-27(20-21)39-29(31-26)34-18-16-33(17-19-34)15-14-30-28(35)24-6-4-5-7-25(24)32-40(36,37)23-11-9-22(38-2)10-12-23/h4-13,20,32H,3,14-19H2,1-2H3,(H,30,35). The molecule has 0 atom stereocenters. The Hall–Kier alpha value is -3.67. The van der Waals surface area contributed by atoms with E-state index in [-0.39, 0.29) is 22.1 Å². The lowest BCUT2D eigenvalue weighted by atomic mass is 10.1. The van der Waals surface area contributed by atoms with E-state index in [1.807, 2.05) is 0 Å². The van der Waals surface area contributed by atoms with Gasteiger partial charge in [-0.1, -0.05) is 36.5 Å². The number of sulfonamides is 1. The van der Waals surface area contributed by atoms with Gasteiger partial charge in [0.25, 0.3) is 15.9 Å². The number of fused-ring (bicyclic) bond motifs is 1. The van der Waals surface area contributed by atoms with Crippen molar-refractivity contribution in [2.45, 2.75) is 18.2 Å². The van der Waals surface area contributed by atoms with Crippen LogP contribution in [0.4, 0.5) is 10.8 Å². The number of aromatic nitrogens is 1. The van der Waals surface area contributed by atoms with Crippen molar-refractivity contribution >= 4 is 48.3 Å². The summed E-state index contributed by atoms with van der Waals surface area (Å²) in [5, 5.41) is 4.00. The average Bonchev–Trinajstić information content (AvgIpc) is 3.41. The maximum Gasteiger partial charge on any atom is 0.261 e. The van der Waals surface area contributed by atoms with Crippen molar-refractivity contribution in [3.63, 3.8) is 0 Å². The molecule has 4 aromatic rings. The summed E-state index contributed by atoms with van der Waals surface area (Å²) in [4.78, 5) is 22.5. The van der Waals surface area contributed by atoms with E-state index in [0.717, 1.165) is 43.2 Å². The van der Waals surface area contributed by atoms with Crippen molar-refractivity contribution in [3.05, 3.63) is 77.9 Å². The highest BCUT2D eigenvalue weighted by molar-refractivity contribution is 7.92. The molecule has 0 radical (unpaired) electrons. The molecule has 1 fully saturated rings. The zero-order valence-electron chi connectivity index (χ0n) is 22.6. The second-order valence-corrected chi connectivity index (χ2v) is 12.3. The number of anilines is 2. The van der Waals surface area contributed by atoms with Crippen molar-refractivity contribution in [2.75, 3.05) is 56.0 Å². The van der Waals surface area contributed by atoms with E-state index in [9.17, 15) is 13.2 Å². The highest BCUT2D eigenvalue weighted by atomic mass is 32.2. The Bertz CT molecular complexity index is 1580. The lowest BCUT2D eigenvalue weighted by Crippen LogP contribution is -2.48. The van der Waals surface area contributed by atoms with Crippen LogP contribution in [-0.2, 0) is 16.4 Å². The molecule has 0 saturated carbocycles. The maximum absolute atomic E-state index is 13.0. The number of para-hydroxylation sites is 1. The highest BCUT2D eigenvalue weighted by Gasteiger charge is 2.21. The van der Waals surface area contributed by atoms with Crippen LogP contribution in [0.2, 0.25) is 0 Å². The Labute approximate surface area is 238 Å². The first-order valence-corrected chi connectivity index (χ1v) is 15.6. The van der Waals surface area contributed by atoms with Gasteiger partial charge in [0.1, 0.15) is 5.75 Å². The Morgan fingerprint density at radius 1 is 1.02 bits per heavy atom. The van der Waals surface area contributed by atoms with E-state index in [0.29, 0.717) is 18.8 Å². The fourth-order valence-corrected chi connectivity index (χ4v) is 6.79. The number of nitrogens with zero attached hydrogens (tertiary/aromatic N) is 3. The van der Waals surface area contributed by atoms with Gasteiger partial charge in [-0.15, -0.1) is 0 Å². The number of thiazole rings is 1. The molecule has 40 heavy (non-hydrogen) atoms. The summed E-state index contributed by atoms with van der Waals surface area (Å²) >= 11 is 1.74. The lowest BCUT2D eigenvalue weighted by Gasteiger charge is -2.34. The number of ether oxygens (including phenoxy) is 1. The zero-order valence-corrected chi connectivity index (χ0v) is 24.2. The molecule has 1 aliphatic rings. The topological polar surface area (TPSA) is 104 Å². The van der Waals surface area contributed by atoms with Crippen LogP contribution < -0.4 is 19.7 Å². The van der Waals surface area contributed by atoms with Crippen molar-refractivity contribution in [1.29, 1.82) is 0 Å². The number of carbonyl (C=O) groups is 1. The number of hydrogen-bond donors (Lipinski definition) is 2. The number of nitrogens with one attached hydrogen (secondary N) is 2. The molecule has 0 aliphatic carbocycles. The van der Waals surface area contributed by atoms with Crippen molar-refractivity contribution in [3.8, 4) is 5.75 Å². The number of benzene rings is 3. The molecule has 3 aromatic carbocycles. The zero-order chi connectivity index (χ0) is 28.1. The van der Waals surface area contributed by atoms with Crippen LogP contribution in [0.3, 0.4) is 0 Å². The minimum atomic E-state index is -3.88. The third-order valence-electron chi connectivity index (χ3n) is 6.99. The second-order valence-electron chi connectivity index (χ2n) is 9.56. The van der Waals surface area contributed by atoms with Crippen LogP contribution in [-0.4, -0.2) is 70.6 Å². The van der Waals surface area contributed by atoms with Crippen LogP contribution in [0.15, 0.2) is 71.6 Å². The lowest BCUT2D eigenvalue weighted by molar-refractivity contribution is 0.0948. The quantitative estimate of drug-likeness (QED) is 0.290. The van der Waals surface area contributed by atoms with Gasteiger partial charge in [0.2, 0.25) is 0 Å². The van der Waals surface area contributed by atoms with E-state index in [4.69, 9.17) is 9.72 Å². The summed E-state index contributed by atoms with van der Waals surface area (Å²) in [7, 11) is -2.36. The summed E-state index contributed by atoms with van der Waals surface area (Å²) < 4.78 is 34.7. The number of rotatable bonds is 10.